The van der Waals surface area contributed by atoms with E-state index in [-0.39, 0.29) is 17.3 Å². The molecule has 3 unspecified atom stereocenters. The molecular weight excluding hydrogens is 336 g/mol. The van der Waals surface area contributed by atoms with Crippen molar-refractivity contribution in [3.63, 3.8) is 0 Å². The van der Waals surface area contributed by atoms with E-state index in [0.717, 1.165) is 48.3 Å². The number of carbonyl (C=O) groups excluding carboxylic acids is 1. The van der Waals surface area contributed by atoms with Crippen LogP contribution in [0.2, 0.25) is 0 Å². The second-order valence-electron chi connectivity index (χ2n) is 9.68. The van der Waals surface area contributed by atoms with Gasteiger partial charge in [0.25, 0.3) is 0 Å². The summed E-state index contributed by atoms with van der Waals surface area (Å²) in [5.41, 5.74) is 0.826. The lowest BCUT2D eigenvalue weighted by atomic mass is 9.48. The lowest BCUT2D eigenvalue weighted by Crippen LogP contribution is -2.51. The number of methoxy groups -OCH3 is 1. The van der Waals surface area contributed by atoms with Crippen molar-refractivity contribution in [3.05, 3.63) is 29.8 Å². The maximum Gasteiger partial charge on any atom is 0.210 e. The molecule has 1 aromatic rings. The Kier molecular flexibility index (Phi) is 2.94. The number of rotatable bonds is 2. The molecular formula is C23H24N2O2. The fourth-order valence-electron chi connectivity index (χ4n) is 7.63. The van der Waals surface area contributed by atoms with E-state index in [2.05, 4.69) is 11.1 Å². The molecule has 0 radical (unpaired) electrons. The summed E-state index contributed by atoms with van der Waals surface area (Å²) in [6.45, 7) is 0. The molecule has 5 saturated carbocycles. The smallest absolute Gasteiger partial charge is 0.210 e. The Labute approximate surface area is 159 Å². The van der Waals surface area contributed by atoms with Crippen molar-refractivity contribution >= 4 is 17.4 Å². The van der Waals surface area contributed by atoms with E-state index in [1.54, 1.807) is 7.11 Å². The van der Waals surface area contributed by atoms with E-state index in [1.165, 1.54) is 19.3 Å². The fraction of sp³-hybridized carbons (Fsp3) is 0.609. The molecule has 1 aromatic carbocycles. The Morgan fingerprint density at radius 2 is 1.78 bits per heavy atom. The van der Waals surface area contributed by atoms with Crippen LogP contribution in [0, 0.1) is 45.8 Å². The first kappa shape index (κ1) is 15.9. The van der Waals surface area contributed by atoms with Crippen molar-refractivity contribution in [3.8, 4) is 6.07 Å². The molecule has 4 bridgehead atoms. The zero-order valence-corrected chi connectivity index (χ0v) is 15.6. The SMILES string of the molecule is COC1=Nc2ccccc2C2C(C(=O)C34CC5CC(CC(C5)C3)C4)C12C#N. The molecule has 5 fully saturated rings. The van der Waals surface area contributed by atoms with Crippen LogP contribution in [0.25, 0.3) is 0 Å². The Morgan fingerprint density at radius 1 is 1.15 bits per heavy atom. The van der Waals surface area contributed by atoms with Crippen LogP contribution in [-0.2, 0) is 9.53 Å². The standard InChI is InChI=1S/C23H24N2O2/c1-27-21-23(12-24)18(16-4-2-3-5-17(16)25-21)19(23)20(26)22-9-13-6-14(10-22)8-15(7-13)11-22/h2-5,13-15,18-19H,6-11H2,1H3. The number of ether oxygens (including phenoxy) is 1. The fourth-order valence-corrected chi connectivity index (χ4v) is 7.63. The van der Waals surface area contributed by atoms with Crippen molar-refractivity contribution < 1.29 is 9.53 Å². The third kappa shape index (κ3) is 1.83. The zero-order chi connectivity index (χ0) is 18.4. The Balaban J connectivity index is 1.44. The number of aliphatic imine (C=N–C) groups is 1. The van der Waals surface area contributed by atoms with Crippen LogP contribution < -0.4 is 0 Å². The maximum absolute atomic E-state index is 14.0. The number of benzene rings is 1. The zero-order valence-electron chi connectivity index (χ0n) is 15.6. The summed E-state index contributed by atoms with van der Waals surface area (Å²) in [7, 11) is 1.58. The van der Waals surface area contributed by atoms with Gasteiger partial charge in [-0.25, -0.2) is 4.99 Å². The van der Waals surface area contributed by atoms with Gasteiger partial charge in [0, 0.05) is 11.3 Å². The van der Waals surface area contributed by atoms with E-state index in [4.69, 9.17) is 4.74 Å². The Morgan fingerprint density at radius 3 is 2.37 bits per heavy atom. The summed E-state index contributed by atoms with van der Waals surface area (Å²) in [5, 5.41) is 10.2. The number of para-hydroxylation sites is 1. The van der Waals surface area contributed by atoms with Crippen LogP contribution in [0.4, 0.5) is 5.69 Å². The van der Waals surface area contributed by atoms with Crippen LogP contribution in [0.15, 0.2) is 29.3 Å². The van der Waals surface area contributed by atoms with E-state index in [9.17, 15) is 10.1 Å². The van der Waals surface area contributed by atoms with Crippen LogP contribution >= 0.6 is 0 Å². The highest BCUT2D eigenvalue weighted by Gasteiger charge is 2.77. The normalized spacial score (nSPS) is 45.3. The van der Waals surface area contributed by atoms with Crippen LogP contribution in [0.3, 0.4) is 0 Å². The molecule has 0 spiro atoms. The van der Waals surface area contributed by atoms with Gasteiger partial charge < -0.3 is 4.74 Å². The minimum absolute atomic E-state index is 0.0911. The van der Waals surface area contributed by atoms with Crippen molar-refractivity contribution in [2.24, 2.45) is 39.5 Å². The lowest BCUT2D eigenvalue weighted by Gasteiger charge is -2.56. The molecule has 0 saturated heterocycles. The summed E-state index contributed by atoms with van der Waals surface area (Å²) < 4.78 is 5.57. The number of hydrogen-bond donors (Lipinski definition) is 0. The molecule has 4 heteroatoms. The second-order valence-corrected chi connectivity index (χ2v) is 9.68. The number of fused-ring (bicyclic) bond motifs is 3. The van der Waals surface area contributed by atoms with Gasteiger partial charge in [0.1, 0.15) is 5.78 Å². The van der Waals surface area contributed by atoms with Gasteiger partial charge in [-0.2, -0.15) is 5.26 Å². The molecule has 1 heterocycles. The molecule has 27 heavy (non-hydrogen) atoms. The van der Waals surface area contributed by atoms with E-state index < -0.39 is 5.41 Å². The number of ketones is 1. The van der Waals surface area contributed by atoms with E-state index in [1.807, 2.05) is 24.3 Å². The van der Waals surface area contributed by atoms with Gasteiger partial charge in [-0.15, -0.1) is 0 Å². The lowest BCUT2D eigenvalue weighted by molar-refractivity contribution is -0.145. The van der Waals surface area contributed by atoms with Gasteiger partial charge in [-0.3, -0.25) is 4.79 Å². The predicted octanol–water partition coefficient (Wildman–Crippen LogP) is 4.39. The minimum atomic E-state index is -0.885. The number of nitrogens with zero attached hydrogens (tertiary/aromatic N) is 2. The number of nitriles is 1. The van der Waals surface area contributed by atoms with Gasteiger partial charge in [-0.05, 0) is 67.9 Å². The molecule has 7 rings (SSSR count). The van der Waals surface area contributed by atoms with Gasteiger partial charge in [0.2, 0.25) is 5.90 Å². The molecule has 1 aliphatic heterocycles. The summed E-state index contributed by atoms with van der Waals surface area (Å²) in [6.07, 6.45) is 7.09. The number of Topliss-reactive ketones (excluding diaryl/α,β-unsaturated/α-hetero) is 1. The van der Waals surface area contributed by atoms with Gasteiger partial charge in [0.15, 0.2) is 5.41 Å². The molecule has 5 aliphatic carbocycles. The van der Waals surface area contributed by atoms with E-state index >= 15 is 0 Å². The van der Waals surface area contributed by atoms with Gasteiger partial charge in [-0.1, -0.05) is 18.2 Å². The average Bonchev–Trinajstić information content (AvgIpc) is 3.36. The predicted molar refractivity (Wildman–Crippen MR) is 100 cm³/mol. The highest BCUT2D eigenvalue weighted by atomic mass is 16.5. The largest absolute Gasteiger partial charge is 0.483 e. The quantitative estimate of drug-likeness (QED) is 0.786. The summed E-state index contributed by atoms with van der Waals surface area (Å²) in [5.74, 6) is 2.57. The molecule has 0 amide bonds. The third-order valence-electron chi connectivity index (χ3n) is 8.27. The first-order valence-electron chi connectivity index (χ1n) is 10.3. The summed E-state index contributed by atoms with van der Waals surface area (Å²) in [6, 6.07) is 10.4. The maximum atomic E-state index is 14.0. The molecule has 138 valence electrons. The first-order valence-corrected chi connectivity index (χ1v) is 10.3. The van der Waals surface area contributed by atoms with Gasteiger partial charge in [0.05, 0.1) is 24.8 Å². The molecule has 4 nitrogen and oxygen atoms in total. The van der Waals surface area contributed by atoms with Crippen LogP contribution in [0.5, 0.6) is 0 Å². The Bertz CT molecular complexity index is 891. The number of hydrogen-bond acceptors (Lipinski definition) is 4. The second kappa shape index (κ2) is 5.01. The van der Waals surface area contributed by atoms with Crippen molar-refractivity contribution in [2.45, 2.75) is 44.4 Å². The number of carbonyl (C=O) groups is 1. The minimum Gasteiger partial charge on any atom is -0.483 e. The monoisotopic (exact) mass is 360 g/mol. The highest BCUT2D eigenvalue weighted by Crippen LogP contribution is 2.73. The highest BCUT2D eigenvalue weighted by molar-refractivity contribution is 6.06. The average molecular weight is 360 g/mol. The topological polar surface area (TPSA) is 62.4 Å². The molecule has 3 atom stereocenters. The molecule has 0 N–H and O–H groups in total. The van der Waals surface area contributed by atoms with Gasteiger partial charge >= 0.3 is 0 Å². The van der Waals surface area contributed by atoms with Crippen LogP contribution in [0.1, 0.15) is 50.0 Å². The molecule has 6 aliphatic rings. The van der Waals surface area contributed by atoms with Crippen LogP contribution in [-0.4, -0.2) is 18.8 Å². The summed E-state index contributed by atoms with van der Waals surface area (Å²) in [4.78, 5) is 18.6. The van der Waals surface area contributed by atoms with E-state index in [0.29, 0.717) is 11.7 Å². The van der Waals surface area contributed by atoms with Crippen molar-refractivity contribution in [2.75, 3.05) is 7.11 Å². The molecule has 0 aromatic heterocycles. The third-order valence-corrected chi connectivity index (χ3v) is 8.27. The first-order chi connectivity index (χ1) is 13.1. The Hall–Kier alpha value is -2.15. The van der Waals surface area contributed by atoms with Crippen molar-refractivity contribution in [1.29, 1.82) is 5.26 Å². The van der Waals surface area contributed by atoms with Crippen molar-refractivity contribution in [1.82, 2.24) is 0 Å². The summed E-state index contributed by atoms with van der Waals surface area (Å²) >= 11 is 0.